The Labute approximate surface area is 423 Å². The van der Waals surface area contributed by atoms with E-state index in [0.29, 0.717) is 0 Å². The van der Waals surface area contributed by atoms with Gasteiger partial charge in [-0.3, -0.25) is 0 Å². The fourth-order valence-electron chi connectivity index (χ4n) is 8.83. The summed E-state index contributed by atoms with van der Waals surface area (Å²) in [5.74, 6) is 0. The van der Waals surface area contributed by atoms with E-state index in [4.69, 9.17) is 19.9 Å². The molecule has 69 heavy (non-hydrogen) atoms. The number of hydrogen-bond donors (Lipinski definition) is 0. The van der Waals surface area contributed by atoms with Crippen molar-refractivity contribution >= 4 is 70.7 Å². The second kappa shape index (κ2) is 18.8. The Morgan fingerprint density at radius 3 is 0.971 bits per heavy atom. The van der Waals surface area contributed by atoms with Gasteiger partial charge < -0.3 is 9.97 Å². The summed E-state index contributed by atoms with van der Waals surface area (Å²) in [6, 6.07) is 43.6. The zero-order valence-electron chi connectivity index (χ0n) is 42.7. The standard InChI is InChI=1S/C64H64N4.Zn/c1-61(2,3)45-35-43(36-46(39-45)62(4,5)6)59-55-31-27-51(65-55)49(25-23-41-19-15-13-16-20-41)53-29-33-57(67-53)60(44-37-47(63(7,8)9)40-48(38-44)64(10,11)12)58-34-30-54(68-58)50(52-28-32-56(59)66-52)26-24-42-21-17-14-18-22-42;/h13-40H,1-12H3;/q-2;+2/b25-23+,26-24+,51-49?,52-50?,53-49?,54-50?,59-55?,59-56?,60-57?,60-58?;. The van der Waals surface area contributed by atoms with Crippen molar-refractivity contribution in [2.24, 2.45) is 0 Å². The van der Waals surface area contributed by atoms with E-state index in [1.54, 1.807) is 0 Å². The van der Waals surface area contributed by atoms with Crippen molar-refractivity contribution in [2.45, 2.75) is 105 Å². The number of aromatic nitrogens is 4. The van der Waals surface area contributed by atoms with Crippen molar-refractivity contribution in [2.75, 3.05) is 0 Å². The molecule has 342 valence electrons. The zero-order chi connectivity index (χ0) is 48.2. The Morgan fingerprint density at radius 1 is 0.348 bits per heavy atom. The number of rotatable bonds is 6. The van der Waals surface area contributed by atoms with E-state index >= 15 is 0 Å². The van der Waals surface area contributed by atoms with Crippen LogP contribution in [0.4, 0.5) is 0 Å². The number of nitrogens with zero attached hydrogens (tertiary/aromatic N) is 4. The summed E-state index contributed by atoms with van der Waals surface area (Å²) in [5, 5.41) is 0. The van der Waals surface area contributed by atoms with Crippen LogP contribution in [0.2, 0.25) is 0 Å². The van der Waals surface area contributed by atoms with Crippen LogP contribution in [0, 0.1) is 0 Å². The summed E-state index contributed by atoms with van der Waals surface area (Å²) >= 11 is 0. The van der Waals surface area contributed by atoms with Gasteiger partial charge in [0.2, 0.25) is 0 Å². The maximum Gasteiger partial charge on any atom is 2.00 e. The molecule has 2 aliphatic heterocycles. The molecule has 0 spiro atoms. The molecule has 0 amide bonds. The van der Waals surface area contributed by atoms with Gasteiger partial charge in [0, 0.05) is 0 Å². The molecule has 0 unspecified atom stereocenters. The van der Waals surface area contributed by atoms with E-state index in [1.165, 1.54) is 22.3 Å². The molecule has 0 N–H and O–H groups in total. The maximum atomic E-state index is 5.56. The van der Waals surface area contributed by atoms with Gasteiger partial charge in [0.15, 0.2) is 0 Å². The van der Waals surface area contributed by atoms with E-state index in [0.717, 1.165) is 89.4 Å². The van der Waals surface area contributed by atoms with Crippen LogP contribution in [0.15, 0.2) is 121 Å². The SMILES string of the molecule is CC(C)(C)c1cc(-c2c3nc(c(/C=C/c4ccccc4)c4ccc([n-]4)c(-c4cc(C(C)(C)C)cc(C(C)(C)C)c4)c4nc(c(/C=C/c5ccccc5)c5ccc2[n-]5)C=C4)C=C3)cc(C(C)(C)C)c1.[Zn+2]. The first-order valence-electron chi connectivity index (χ1n) is 24.0. The maximum absolute atomic E-state index is 5.56. The van der Waals surface area contributed by atoms with Gasteiger partial charge >= 0.3 is 19.5 Å². The second-order valence-corrected chi connectivity index (χ2v) is 22.5. The van der Waals surface area contributed by atoms with Crippen LogP contribution in [0.25, 0.3) is 92.9 Å². The van der Waals surface area contributed by atoms with Crippen LogP contribution in [-0.4, -0.2) is 9.97 Å². The van der Waals surface area contributed by atoms with Crippen LogP contribution in [0.1, 0.15) is 150 Å². The van der Waals surface area contributed by atoms with E-state index in [9.17, 15) is 0 Å². The molecule has 2 aliphatic rings. The number of fused-ring (bicyclic) bond motifs is 8. The van der Waals surface area contributed by atoms with Gasteiger partial charge in [-0.05, 0) is 113 Å². The number of benzene rings is 4. The molecule has 3 aromatic heterocycles. The van der Waals surface area contributed by atoms with Crippen molar-refractivity contribution in [1.82, 2.24) is 19.9 Å². The summed E-state index contributed by atoms with van der Waals surface area (Å²) in [4.78, 5) is 22.2. The smallest absolute Gasteiger partial charge is 0.657 e. The molecule has 0 radical (unpaired) electrons. The van der Waals surface area contributed by atoms with Crippen molar-refractivity contribution in [1.29, 1.82) is 0 Å². The van der Waals surface area contributed by atoms with Crippen LogP contribution in [-0.2, 0) is 41.1 Å². The molecule has 0 atom stereocenters. The fourth-order valence-corrected chi connectivity index (χ4v) is 8.83. The van der Waals surface area contributed by atoms with E-state index < -0.39 is 0 Å². The molecular weight excluding hydrogens is 890 g/mol. The molecule has 0 fully saturated rings. The normalized spacial score (nSPS) is 13.2. The quantitative estimate of drug-likeness (QED) is 0.156. The van der Waals surface area contributed by atoms with Gasteiger partial charge in [-0.25, -0.2) is 9.97 Å². The summed E-state index contributed by atoms with van der Waals surface area (Å²) in [6.07, 6.45) is 17.3. The molecule has 8 bridgehead atoms. The van der Waals surface area contributed by atoms with Gasteiger partial charge in [0.05, 0.1) is 22.8 Å². The van der Waals surface area contributed by atoms with Gasteiger partial charge in [0.1, 0.15) is 0 Å². The van der Waals surface area contributed by atoms with Gasteiger partial charge in [-0.1, -0.05) is 229 Å². The van der Waals surface area contributed by atoms with Gasteiger partial charge in [0.25, 0.3) is 0 Å². The summed E-state index contributed by atoms with van der Waals surface area (Å²) in [7, 11) is 0. The van der Waals surface area contributed by atoms with Crippen LogP contribution in [0.3, 0.4) is 0 Å². The third-order valence-electron chi connectivity index (χ3n) is 13.1. The predicted molar refractivity (Wildman–Crippen MR) is 293 cm³/mol. The Balaban J connectivity index is 0.00000642. The first-order chi connectivity index (χ1) is 32.2. The van der Waals surface area contributed by atoms with Crippen molar-refractivity contribution in [3.63, 3.8) is 0 Å². The van der Waals surface area contributed by atoms with Crippen molar-refractivity contribution in [3.8, 4) is 22.3 Å². The van der Waals surface area contributed by atoms with E-state index in [1.807, 2.05) is 12.1 Å². The second-order valence-electron chi connectivity index (χ2n) is 22.5. The van der Waals surface area contributed by atoms with Crippen molar-refractivity contribution in [3.05, 3.63) is 189 Å². The summed E-state index contributed by atoms with van der Waals surface area (Å²) in [5.41, 5.74) is 19.8. The van der Waals surface area contributed by atoms with Gasteiger partial charge in [-0.15, -0.1) is 22.1 Å². The Kier molecular flexibility index (Phi) is 13.4. The van der Waals surface area contributed by atoms with Crippen LogP contribution >= 0.6 is 0 Å². The Bertz CT molecular complexity index is 3060. The average molecular weight is 955 g/mol. The molecule has 4 nitrogen and oxygen atoms in total. The topological polar surface area (TPSA) is 54.0 Å². The Morgan fingerprint density at radius 2 is 0.652 bits per heavy atom. The molecule has 0 saturated carbocycles. The minimum Gasteiger partial charge on any atom is -0.657 e. The zero-order valence-corrected chi connectivity index (χ0v) is 45.6. The van der Waals surface area contributed by atoms with Crippen molar-refractivity contribution < 1.29 is 19.5 Å². The largest absolute Gasteiger partial charge is 2.00 e. The first kappa shape index (κ1) is 49.0. The summed E-state index contributed by atoms with van der Waals surface area (Å²) < 4.78 is 0. The predicted octanol–water partition coefficient (Wildman–Crippen LogP) is 16.8. The third kappa shape index (κ3) is 10.6. The summed E-state index contributed by atoms with van der Waals surface area (Å²) in [6.45, 7) is 27.5. The molecular formula is C64H64N4Zn. The Hall–Kier alpha value is -6.42. The first-order valence-corrected chi connectivity index (χ1v) is 24.0. The third-order valence-corrected chi connectivity index (χ3v) is 13.1. The van der Waals surface area contributed by atoms with E-state index in [2.05, 4.69) is 241 Å². The molecule has 9 rings (SSSR count). The molecule has 0 aliphatic carbocycles. The number of hydrogen-bond acceptors (Lipinski definition) is 2. The molecule has 5 heterocycles. The minimum atomic E-state index is -0.0863. The van der Waals surface area contributed by atoms with Gasteiger partial charge in [-0.2, -0.15) is 0 Å². The molecule has 4 aromatic carbocycles. The fraction of sp³-hybridized carbons (Fsp3) is 0.250. The monoisotopic (exact) mass is 952 g/mol. The average Bonchev–Trinajstić information content (AvgIpc) is 4.14. The van der Waals surface area contributed by atoms with Crippen LogP contribution in [0.5, 0.6) is 0 Å². The van der Waals surface area contributed by atoms with E-state index in [-0.39, 0.29) is 41.1 Å². The molecule has 5 heteroatoms. The molecule has 7 aromatic rings. The minimum absolute atomic E-state index is 0. The van der Waals surface area contributed by atoms with Crippen LogP contribution < -0.4 is 9.97 Å². The molecule has 0 saturated heterocycles.